The van der Waals surface area contributed by atoms with E-state index in [1.807, 2.05) is 13.8 Å². The fraction of sp³-hybridized carbons (Fsp3) is 0.929. The molecule has 0 aromatic carbocycles. The summed E-state index contributed by atoms with van der Waals surface area (Å²) in [6.07, 6.45) is 5.59. The first kappa shape index (κ1) is 16.4. The summed E-state index contributed by atoms with van der Waals surface area (Å²) in [5, 5.41) is 12.5. The van der Waals surface area contributed by atoms with E-state index >= 15 is 0 Å². The number of unbranched alkanes of at least 4 members (excludes halogenated alkanes) is 1. The largest absolute Gasteiger partial charge is 0.394 e. The fourth-order valence-electron chi connectivity index (χ4n) is 2.02. The van der Waals surface area contributed by atoms with Gasteiger partial charge in [-0.25, -0.2) is 0 Å². The molecule has 0 saturated heterocycles. The van der Waals surface area contributed by atoms with Crippen molar-refractivity contribution in [1.29, 1.82) is 0 Å². The van der Waals surface area contributed by atoms with Crippen LogP contribution >= 0.6 is 0 Å². The summed E-state index contributed by atoms with van der Waals surface area (Å²) in [4.78, 5) is 12.2. The second-order valence-electron chi connectivity index (χ2n) is 4.88. The molecule has 0 bridgehead atoms. The zero-order valence-corrected chi connectivity index (χ0v) is 11.9. The molecule has 0 aliphatic rings. The Hall–Kier alpha value is -0.570. The quantitative estimate of drug-likeness (QED) is 0.654. The highest BCUT2D eigenvalue weighted by Crippen LogP contribution is 2.18. The maximum Gasteiger partial charge on any atom is 0.223 e. The maximum atomic E-state index is 12.2. The topological polar surface area (TPSA) is 49.3 Å². The Morgan fingerprint density at radius 3 is 2.18 bits per heavy atom. The summed E-state index contributed by atoms with van der Waals surface area (Å²) in [5.41, 5.74) is -0.420. The number of carbonyl (C=O) groups is 1. The standard InChI is InChI=1S/C14H29NO2/c1-5-9-10-12(6-2)13(17)15-14(7-3,8-4)11-16/h12,16H,5-11H2,1-4H3,(H,15,17). The minimum absolute atomic E-state index is 0.0238. The summed E-state index contributed by atoms with van der Waals surface area (Å²) in [5.74, 6) is 0.206. The Morgan fingerprint density at radius 2 is 1.82 bits per heavy atom. The molecule has 0 aliphatic carbocycles. The van der Waals surface area contributed by atoms with Crippen LogP contribution in [0.3, 0.4) is 0 Å². The average Bonchev–Trinajstić information content (AvgIpc) is 2.37. The van der Waals surface area contributed by atoms with Crippen LogP contribution in [0.25, 0.3) is 0 Å². The summed E-state index contributed by atoms with van der Waals surface area (Å²) in [7, 11) is 0. The highest BCUT2D eigenvalue weighted by atomic mass is 16.3. The molecular weight excluding hydrogens is 214 g/mol. The third-order valence-electron chi connectivity index (χ3n) is 3.81. The molecular formula is C14H29NO2. The van der Waals surface area contributed by atoms with Crippen LogP contribution in [0.5, 0.6) is 0 Å². The number of aliphatic hydroxyl groups excluding tert-OH is 1. The van der Waals surface area contributed by atoms with Gasteiger partial charge in [0.25, 0.3) is 0 Å². The first-order valence-corrected chi connectivity index (χ1v) is 7.01. The Bertz CT molecular complexity index is 204. The van der Waals surface area contributed by atoms with Crippen molar-refractivity contribution in [1.82, 2.24) is 5.32 Å². The van der Waals surface area contributed by atoms with Crippen LogP contribution in [-0.2, 0) is 4.79 Å². The van der Waals surface area contributed by atoms with Crippen molar-refractivity contribution in [2.75, 3.05) is 6.61 Å². The van der Waals surface area contributed by atoms with Crippen molar-refractivity contribution in [2.24, 2.45) is 5.92 Å². The summed E-state index contributed by atoms with van der Waals surface area (Å²) in [6, 6.07) is 0. The lowest BCUT2D eigenvalue weighted by Gasteiger charge is -2.32. The molecule has 102 valence electrons. The molecule has 1 unspecified atom stereocenters. The van der Waals surface area contributed by atoms with E-state index in [4.69, 9.17) is 0 Å². The van der Waals surface area contributed by atoms with Gasteiger partial charge in [-0.2, -0.15) is 0 Å². The van der Waals surface area contributed by atoms with Gasteiger partial charge in [0.2, 0.25) is 5.91 Å². The molecule has 0 aromatic heterocycles. The average molecular weight is 243 g/mol. The SMILES string of the molecule is CCCCC(CC)C(=O)NC(CC)(CC)CO. The van der Waals surface area contributed by atoms with Gasteiger partial charge < -0.3 is 10.4 Å². The van der Waals surface area contributed by atoms with E-state index in [1.54, 1.807) is 0 Å². The molecule has 3 heteroatoms. The molecule has 1 amide bonds. The molecule has 0 heterocycles. The molecule has 17 heavy (non-hydrogen) atoms. The molecule has 0 aromatic rings. The van der Waals surface area contributed by atoms with Crippen molar-refractivity contribution in [3.05, 3.63) is 0 Å². The molecule has 0 rings (SSSR count). The highest BCUT2D eigenvalue weighted by Gasteiger charge is 2.29. The molecule has 0 spiro atoms. The number of rotatable bonds is 9. The van der Waals surface area contributed by atoms with Crippen LogP contribution in [0.15, 0.2) is 0 Å². The molecule has 2 N–H and O–H groups in total. The van der Waals surface area contributed by atoms with Crippen molar-refractivity contribution in [2.45, 2.75) is 71.8 Å². The highest BCUT2D eigenvalue weighted by molar-refractivity contribution is 5.79. The predicted octanol–water partition coefficient (Wildman–Crippen LogP) is 2.87. The lowest BCUT2D eigenvalue weighted by atomic mass is 9.91. The van der Waals surface area contributed by atoms with Crippen LogP contribution < -0.4 is 5.32 Å². The first-order valence-electron chi connectivity index (χ1n) is 7.01. The number of hydrogen-bond acceptors (Lipinski definition) is 2. The van der Waals surface area contributed by atoms with Gasteiger partial charge in [-0.05, 0) is 25.7 Å². The van der Waals surface area contributed by atoms with E-state index in [1.165, 1.54) is 0 Å². The van der Waals surface area contributed by atoms with Crippen molar-refractivity contribution < 1.29 is 9.90 Å². The van der Waals surface area contributed by atoms with Crippen LogP contribution in [-0.4, -0.2) is 23.2 Å². The third-order valence-corrected chi connectivity index (χ3v) is 3.81. The van der Waals surface area contributed by atoms with Crippen LogP contribution in [0.1, 0.15) is 66.2 Å². The molecule has 0 fully saturated rings. The molecule has 0 saturated carbocycles. The van der Waals surface area contributed by atoms with E-state index in [2.05, 4.69) is 19.2 Å². The lowest BCUT2D eigenvalue weighted by Crippen LogP contribution is -2.52. The summed E-state index contributed by atoms with van der Waals surface area (Å²) >= 11 is 0. The first-order chi connectivity index (χ1) is 8.09. The van der Waals surface area contributed by atoms with E-state index in [-0.39, 0.29) is 18.4 Å². The van der Waals surface area contributed by atoms with E-state index in [0.29, 0.717) is 0 Å². The van der Waals surface area contributed by atoms with Crippen LogP contribution in [0, 0.1) is 5.92 Å². The Labute approximate surface area is 106 Å². The van der Waals surface area contributed by atoms with Crippen LogP contribution in [0.4, 0.5) is 0 Å². The van der Waals surface area contributed by atoms with Crippen molar-refractivity contribution in [3.8, 4) is 0 Å². The predicted molar refractivity (Wildman–Crippen MR) is 71.8 cm³/mol. The number of amides is 1. The van der Waals surface area contributed by atoms with Gasteiger partial charge in [-0.1, -0.05) is 40.5 Å². The number of carbonyl (C=O) groups excluding carboxylic acids is 1. The molecule has 1 atom stereocenters. The van der Waals surface area contributed by atoms with Gasteiger partial charge in [0.05, 0.1) is 12.1 Å². The monoisotopic (exact) mass is 243 g/mol. The minimum Gasteiger partial charge on any atom is -0.394 e. The zero-order chi connectivity index (χ0) is 13.3. The van der Waals surface area contributed by atoms with Gasteiger partial charge in [0, 0.05) is 5.92 Å². The number of nitrogens with one attached hydrogen (secondary N) is 1. The summed E-state index contributed by atoms with van der Waals surface area (Å²) < 4.78 is 0. The van der Waals surface area contributed by atoms with Gasteiger partial charge >= 0.3 is 0 Å². The van der Waals surface area contributed by atoms with E-state index < -0.39 is 5.54 Å². The normalized spacial score (nSPS) is 13.5. The molecule has 0 radical (unpaired) electrons. The zero-order valence-electron chi connectivity index (χ0n) is 11.9. The van der Waals surface area contributed by atoms with Crippen LogP contribution in [0.2, 0.25) is 0 Å². The Kier molecular flexibility index (Phi) is 8.23. The molecule has 3 nitrogen and oxygen atoms in total. The Morgan fingerprint density at radius 1 is 1.24 bits per heavy atom. The smallest absolute Gasteiger partial charge is 0.223 e. The van der Waals surface area contributed by atoms with Gasteiger partial charge in [-0.3, -0.25) is 4.79 Å². The minimum atomic E-state index is -0.420. The molecule has 0 aliphatic heterocycles. The van der Waals surface area contributed by atoms with E-state index in [0.717, 1.165) is 38.5 Å². The van der Waals surface area contributed by atoms with Crippen molar-refractivity contribution in [3.63, 3.8) is 0 Å². The maximum absolute atomic E-state index is 12.2. The second kappa shape index (κ2) is 8.51. The number of hydrogen-bond donors (Lipinski definition) is 2. The Balaban J connectivity index is 4.46. The van der Waals surface area contributed by atoms with E-state index in [9.17, 15) is 9.90 Å². The third kappa shape index (κ3) is 5.07. The van der Waals surface area contributed by atoms with Crippen molar-refractivity contribution >= 4 is 5.91 Å². The summed E-state index contributed by atoms with van der Waals surface area (Å²) in [6.45, 7) is 8.23. The number of aliphatic hydroxyl groups is 1. The van der Waals surface area contributed by atoms with Gasteiger partial charge in [-0.15, -0.1) is 0 Å². The lowest BCUT2D eigenvalue weighted by molar-refractivity contribution is -0.128. The van der Waals surface area contributed by atoms with Gasteiger partial charge in [0.1, 0.15) is 0 Å². The second-order valence-corrected chi connectivity index (χ2v) is 4.88. The fourth-order valence-corrected chi connectivity index (χ4v) is 2.02. The van der Waals surface area contributed by atoms with Gasteiger partial charge in [0.15, 0.2) is 0 Å².